The van der Waals surface area contributed by atoms with Crippen LogP contribution in [0.2, 0.25) is 0 Å². The van der Waals surface area contributed by atoms with Gasteiger partial charge in [-0.25, -0.2) is 9.38 Å². The molecule has 0 aliphatic rings. The molecule has 0 saturated heterocycles. The van der Waals surface area contributed by atoms with Gasteiger partial charge >= 0.3 is 5.78 Å². The first-order valence-electron chi connectivity index (χ1n) is 5.61. The van der Waals surface area contributed by atoms with Gasteiger partial charge < -0.3 is 0 Å². The molecule has 6 heteroatoms. The second-order valence-electron chi connectivity index (χ2n) is 3.93. The summed E-state index contributed by atoms with van der Waals surface area (Å²) in [5.41, 5.74) is 0.888. The van der Waals surface area contributed by atoms with Crippen molar-refractivity contribution in [2.75, 3.05) is 0 Å². The summed E-state index contributed by atoms with van der Waals surface area (Å²) in [6, 6.07) is 5.89. The molecule has 0 aliphatic heterocycles. The van der Waals surface area contributed by atoms with Gasteiger partial charge in [0.25, 0.3) is 6.20 Å². The monoisotopic (exact) mass is 238 g/mol. The molecule has 0 atom stereocenters. The molecule has 0 spiro atoms. The van der Waals surface area contributed by atoms with Gasteiger partial charge in [0, 0.05) is 22.9 Å². The molecule has 0 unspecified atom stereocenters. The molecule has 0 amide bonds. The van der Waals surface area contributed by atoms with Crippen molar-refractivity contribution in [2.45, 2.75) is 0 Å². The predicted molar refractivity (Wildman–Crippen MR) is 61.6 cm³/mol. The highest BCUT2D eigenvalue weighted by Gasteiger charge is 2.19. The molecule has 0 saturated carbocycles. The summed E-state index contributed by atoms with van der Waals surface area (Å²) in [5, 5.41) is 0. The van der Waals surface area contributed by atoms with Crippen LogP contribution in [0.3, 0.4) is 0 Å². The second kappa shape index (κ2) is 3.36. The molecule has 0 bridgehead atoms. The van der Waals surface area contributed by atoms with Crippen LogP contribution in [0.4, 0.5) is 0 Å². The fourth-order valence-corrected chi connectivity index (χ4v) is 2.09. The SMILES string of the molecule is c1cn2ccnc2[n+](-[n+]2cccc3nccn32)c1. The molecule has 0 aromatic carbocycles. The Morgan fingerprint density at radius 2 is 1.89 bits per heavy atom. The summed E-state index contributed by atoms with van der Waals surface area (Å²) < 4.78 is 5.87. The van der Waals surface area contributed by atoms with E-state index in [0.717, 1.165) is 11.4 Å². The molecular formula is C12H10N6+2. The van der Waals surface area contributed by atoms with Gasteiger partial charge in [0.1, 0.15) is 18.6 Å². The second-order valence-corrected chi connectivity index (χ2v) is 3.93. The van der Waals surface area contributed by atoms with Crippen LogP contribution < -0.4 is 9.47 Å². The Morgan fingerprint density at radius 3 is 2.89 bits per heavy atom. The van der Waals surface area contributed by atoms with Crippen LogP contribution in [-0.2, 0) is 0 Å². The minimum atomic E-state index is 0.837. The van der Waals surface area contributed by atoms with E-state index >= 15 is 0 Å². The molecule has 6 nitrogen and oxygen atoms in total. The highest BCUT2D eigenvalue weighted by Crippen LogP contribution is 1.94. The lowest BCUT2D eigenvalue weighted by molar-refractivity contribution is -1.31. The zero-order chi connectivity index (χ0) is 11.9. The first kappa shape index (κ1) is 9.29. The van der Waals surface area contributed by atoms with Crippen LogP contribution in [0.25, 0.3) is 11.4 Å². The Kier molecular flexibility index (Phi) is 1.74. The van der Waals surface area contributed by atoms with Gasteiger partial charge in [0.2, 0.25) is 5.65 Å². The van der Waals surface area contributed by atoms with Crippen molar-refractivity contribution in [3.05, 3.63) is 61.6 Å². The zero-order valence-corrected chi connectivity index (χ0v) is 9.46. The van der Waals surface area contributed by atoms with Crippen LogP contribution in [0, 0.1) is 0 Å². The fraction of sp³-hybridized carbons (Fsp3) is 0. The van der Waals surface area contributed by atoms with E-state index in [4.69, 9.17) is 0 Å². The molecule has 0 fully saturated rings. The van der Waals surface area contributed by atoms with Gasteiger partial charge in [0.15, 0.2) is 0 Å². The van der Waals surface area contributed by atoms with Crippen molar-refractivity contribution >= 4 is 11.4 Å². The molecule has 0 aliphatic carbocycles. The van der Waals surface area contributed by atoms with E-state index in [0.29, 0.717) is 0 Å². The third-order valence-electron chi connectivity index (χ3n) is 2.88. The number of hydrogen-bond acceptors (Lipinski definition) is 2. The smallest absolute Gasteiger partial charge is 0.222 e. The van der Waals surface area contributed by atoms with E-state index in [9.17, 15) is 0 Å². The van der Waals surface area contributed by atoms with Crippen molar-refractivity contribution in [1.29, 1.82) is 0 Å². The minimum absolute atomic E-state index is 0.837. The normalized spacial score (nSPS) is 11.3. The van der Waals surface area contributed by atoms with Crippen LogP contribution >= 0.6 is 0 Å². The van der Waals surface area contributed by atoms with Crippen molar-refractivity contribution in [3.8, 4) is 0 Å². The van der Waals surface area contributed by atoms with Crippen molar-refractivity contribution < 1.29 is 9.47 Å². The summed E-state index contributed by atoms with van der Waals surface area (Å²) in [5.74, 6) is 0.837. The van der Waals surface area contributed by atoms with Crippen molar-refractivity contribution in [3.63, 3.8) is 0 Å². The van der Waals surface area contributed by atoms with E-state index in [-0.39, 0.29) is 0 Å². The Morgan fingerprint density at radius 1 is 0.944 bits per heavy atom. The van der Waals surface area contributed by atoms with Crippen molar-refractivity contribution in [1.82, 2.24) is 18.9 Å². The topological polar surface area (TPSA) is 42.4 Å². The predicted octanol–water partition coefficient (Wildman–Crippen LogP) is -0.132. The Labute approximate surface area is 102 Å². The average Bonchev–Trinajstić information content (AvgIpc) is 3.06. The maximum atomic E-state index is 4.36. The van der Waals surface area contributed by atoms with E-state index in [1.165, 1.54) is 0 Å². The van der Waals surface area contributed by atoms with E-state index in [1.807, 2.05) is 67.6 Å². The molecule has 4 aromatic heterocycles. The summed E-state index contributed by atoms with van der Waals surface area (Å²) in [4.78, 5) is 10.6. The molecular weight excluding hydrogens is 228 g/mol. The van der Waals surface area contributed by atoms with Gasteiger partial charge in [0.05, 0.1) is 23.4 Å². The lowest BCUT2D eigenvalue weighted by atomic mass is 10.6. The van der Waals surface area contributed by atoms with Gasteiger partial charge in [-0.15, -0.1) is 4.98 Å². The Hall–Kier alpha value is -2.76. The number of fused-ring (bicyclic) bond motifs is 2. The third kappa shape index (κ3) is 1.17. The summed E-state index contributed by atoms with van der Waals surface area (Å²) >= 11 is 0. The number of hydrogen-bond donors (Lipinski definition) is 0. The third-order valence-corrected chi connectivity index (χ3v) is 2.88. The van der Waals surface area contributed by atoms with Crippen LogP contribution in [-0.4, -0.2) is 18.9 Å². The number of aromatic nitrogens is 6. The van der Waals surface area contributed by atoms with Gasteiger partial charge in [-0.2, -0.15) is 0 Å². The van der Waals surface area contributed by atoms with E-state index in [1.54, 1.807) is 12.4 Å². The van der Waals surface area contributed by atoms with Crippen molar-refractivity contribution in [2.24, 2.45) is 0 Å². The van der Waals surface area contributed by atoms with E-state index < -0.39 is 0 Å². The molecule has 86 valence electrons. The van der Waals surface area contributed by atoms with E-state index in [2.05, 4.69) is 9.97 Å². The van der Waals surface area contributed by atoms with Crippen LogP contribution in [0.1, 0.15) is 0 Å². The fourth-order valence-electron chi connectivity index (χ4n) is 2.09. The molecule has 4 aromatic rings. The number of nitrogens with zero attached hydrogens (tertiary/aromatic N) is 6. The Balaban J connectivity index is 2.13. The first-order chi connectivity index (χ1) is 8.93. The maximum Gasteiger partial charge on any atom is 0.416 e. The standard InChI is InChI=1S/C12H10N6/c1-3-11-13-5-10-16(11)18(8-1)17-7-2-6-15-9-4-14-12(15)17/h1-10H/q+2. The molecule has 4 rings (SSSR count). The zero-order valence-electron chi connectivity index (χ0n) is 9.46. The molecule has 4 heterocycles. The van der Waals surface area contributed by atoms with Crippen LogP contribution in [0.15, 0.2) is 61.6 Å². The van der Waals surface area contributed by atoms with Gasteiger partial charge in [-0.3, -0.25) is 0 Å². The molecule has 0 N–H and O–H groups in total. The molecule has 0 radical (unpaired) electrons. The average molecular weight is 238 g/mol. The quantitative estimate of drug-likeness (QED) is 0.433. The molecule has 18 heavy (non-hydrogen) atoms. The highest BCUT2D eigenvalue weighted by atomic mass is 15.6. The van der Waals surface area contributed by atoms with Crippen LogP contribution in [0.5, 0.6) is 0 Å². The number of rotatable bonds is 1. The Bertz CT molecular complexity index is 772. The highest BCUT2D eigenvalue weighted by molar-refractivity contribution is 5.33. The summed E-state index contributed by atoms with van der Waals surface area (Å²) in [7, 11) is 0. The largest absolute Gasteiger partial charge is 0.416 e. The minimum Gasteiger partial charge on any atom is -0.222 e. The lowest BCUT2D eigenvalue weighted by Crippen LogP contribution is -2.70. The lowest BCUT2D eigenvalue weighted by Gasteiger charge is -1.95. The maximum absolute atomic E-state index is 4.36. The summed E-state index contributed by atoms with van der Waals surface area (Å²) in [6.45, 7) is 0. The summed E-state index contributed by atoms with van der Waals surface area (Å²) in [6.07, 6.45) is 13.3. The van der Waals surface area contributed by atoms with Gasteiger partial charge in [-0.05, 0) is 4.52 Å². The van der Waals surface area contributed by atoms with Gasteiger partial charge in [-0.1, -0.05) is 0 Å². The first-order valence-corrected chi connectivity index (χ1v) is 5.61. The number of imidazole rings is 2.